The Morgan fingerprint density at radius 3 is 2.64 bits per heavy atom. The van der Waals surface area contributed by atoms with E-state index in [9.17, 15) is 4.79 Å². The van der Waals surface area contributed by atoms with Gasteiger partial charge in [0.1, 0.15) is 0 Å². The number of hydrogen-bond donors (Lipinski definition) is 3. The maximum absolute atomic E-state index is 11.6. The molecule has 0 spiro atoms. The largest absolute Gasteiger partial charge is 0.394 e. The Balaban J connectivity index is 1.58. The zero-order valence-corrected chi connectivity index (χ0v) is 14.1. The maximum atomic E-state index is 11.6. The van der Waals surface area contributed by atoms with Crippen LogP contribution in [0.15, 0.2) is 54.9 Å². The molecule has 3 N–H and O–H groups in total. The number of benzene rings is 2. The molecular formula is C19H22N4O2. The molecule has 1 heterocycles. The van der Waals surface area contributed by atoms with Crippen LogP contribution < -0.4 is 10.6 Å². The van der Waals surface area contributed by atoms with Crippen molar-refractivity contribution < 1.29 is 9.90 Å². The highest BCUT2D eigenvalue weighted by atomic mass is 16.3. The van der Waals surface area contributed by atoms with Crippen LogP contribution >= 0.6 is 0 Å². The summed E-state index contributed by atoms with van der Waals surface area (Å²) >= 11 is 0. The topological polar surface area (TPSA) is 79.2 Å². The van der Waals surface area contributed by atoms with Crippen molar-refractivity contribution in [3.8, 4) is 0 Å². The molecule has 2 aromatic carbocycles. The van der Waals surface area contributed by atoms with Crippen LogP contribution in [0, 0.1) is 0 Å². The van der Waals surface area contributed by atoms with Crippen molar-refractivity contribution in [1.82, 2.24) is 20.2 Å². The predicted octanol–water partition coefficient (Wildman–Crippen LogP) is 2.26. The van der Waals surface area contributed by atoms with Crippen LogP contribution in [0.5, 0.6) is 0 Å². The third-order valence-electron chi connectivity index (χ3n) is 4.01. The minimum Gasteiger partial charge on any atom is -0.394 e. The summed E-state index contributed by atoms with van der Waals surface area (Å²) in [6.45, 7) is 2.86. The zero-order valence-electron chi connectivity index (χ0n) is 14.1. The van der Waals surface area contributed by atoms with Crippen molar-refractivity contribution in [2.75, 3.05) is 6.61 Å². The molecule has 0 bridgehead atoms. The molecule has 130 valence electrons. The fourth-order valence-corrected chi connectivity index (χ4v) is 2.60. The number of aromatic nitrogens is 2. The number of imidazole rings is 1. The predicted molar refractivity (Wildman–Crippen MR) is 97.2 cm³/mol. The van der Waals surface area contributed by atoms with E-state index >= 15 is 0 Å². The summed E-state index contributed by atoms with van der Waals surface area (Å²) in [4.78, 5) is 16.0. The van der Waals surface area contributed by atoms with E-state index in [4.69, 9.17) is 5.11 Å². The van der Waals surface area contributed by atoms with Crippen molar-refractivity contribution in [2.45, 2.75) is 26.1 Å². The van der Waals surface area contributed by atoms with Gasteiger partial charge in [-0.3, -0.25) is 0 Å². The Morgan fingerprint density at radius 1 is 1.16 bits per heavy atom. The number of rotatable bonds is 6. The molecule has 1 atom stereocenters. The molecule has 0 fully saturated rings. The lowest BCUT2D eigenvalue weighted by molar-refractivity contribution is 0.220. The summed E-state index contributed by atoms with van der Waals surface area (Å²) in [5.41, 5.74) is 4.30. The minimum atomic E-state index is -0.282. The zero-order chi connectivity index (χ0) is 17.6. The van der Waals surface area contributed by atoms with Crippen molar-refractivity contribution in [3.05, 3.63) is 66.0 Å². The first kappa shape index (κ1) is 17.0. The number of fused-ring (bicyclic) bond motifs is 1. The summed E-state index contributed by atoms with van der Waals surface area (Å²) in [5, 5.41) is 14.3. The minimum absolute atomic E-state index is 0.0783. The first-order chi connectivity index (χ1) is 12.2. The van der Waals surface area contributed by atoms with Gasteiger partial charge < -0.3 is 20.3 Å². The van der Waals surface area contributed by atoms with Gasteiger partial charge in [0.15, 0.2) is 0 Å². The Morgan fingerprint density at radius 2 is 1.88 bits per heavy atom. The van der Waals surface area contributed by atoms with E-state index in [0.717, 1.165) is 23.1 Å². The van der Waals surface area contributed by atoms with Crippen LogP contribution in [0.25, 0.3) is 11.0 Å². The lowest BCUT2D eigenvalue weighted by Gasteiger charge is -2.12. The molecule has 1 aromatic heterocycles. The molecule has 3 aromatic rings. The number of carbonyl (C=O) groups is 1. The van der Waals surface area contributed by atoms with Crippen LogP contribution in [0.4, 0.5) is 4.79 Å². The van der Waals surface area contributed by atoms with Crippen LogP contribution in [0.1, 0.15) is 18.1 Å². The number of nitrogens with zero attached hydrogens (tertiary/aromatic N) is 2. The van der Waals surface area contributed by atoms with Gasteiger partial charge in [-0.15, -0.1) is 0 Å². The van der Waals surface area contributed by atoms with E-state index in [0.29, 0.717) is 6.54 Å². The molecule has 25 heavy (non-hydrogen) atoms. The second-order valence-corrected chi connectivity index (χ2v) is 6.09. The van der Waals surface area contributed by atoms with Crippen molar-refractivity contribution in [2.24, 2.45) is 0 Å². The third kappa shape index (κ3) is 4.36. The van der Waals surface area contributed by atoms with Gasteiger partial charge in [-0.05, 0) is 30.2 Å². The summed E-state index contributed by atoms with van der Waals surface area (Å²) in [6, 6.07) is 15.6. The van der Waals surface area contributed by atoms with E-state index in [-0.39, 0.29) is 18.7 Å². The van der Waals surface area contributed by atoms with Gasteiger partial charge >= 0.3 is 6.03 Å². The summed E-state index contributed by atoms with van der Waals surface area (Å²) in [5.74, 6) is 0. The highest BCUT2D eigenvalue weighted by Crippen LogP contribution is 2.14. The Kier molecular flexibility index (Phi) is 5.30. The molecule has 6 heteroatoms. The average Bonchev–Trinajstić information content (AvgIpc) is 3.04. The van der Waals surface area contributed by atoms with Crippen molar-refractivity contribution in [1.29, 1.82) is 0 Å². The smallest absolute Gasteiger partial charge is 0.315 e. The lowest BCUT2D eigenvalue weighted by Crippen LogP contribution is -2.41. The maximum Gasteiger partial charge on any atom is 0.315 e. The van der Waals surface area contributed by atoms with E-state index in [1.165, 1.54) is 5.56 Å². The Hall–Kier alpha value is -2.86. The molecule has 0 aliphatic carbocycles. The molecule has 6 nitrogen and oxygen atoms in total. The van der Waals surface area contributed by atoms with Gasteiger partial charge in [-0.1, -0.05) is 36.4 Å². The average molecular weight is 338 g/mol. The van der Waals surface area contributed by atoms with Crippen molar-refractivity contribution in [3.63, 3.8) is 0 Å². The van der Waals surface area contributed by atoms with Crippen LogP contribution in [-0.4, -0.2) is 33.3 Å². The van der Waals surface area contributed by atoms with Gasteiger partial charge in [0.2, 0.25) is 0 Å². The number of hydrogen-bond acceptors (Lipinski definition) is 3. The first-order valence-corrected chi connectivity index (χ1v) is 8.28. The molecule has 0 aliphatic heterocycles. The summed E-state index contributed by atoms with van der Waals surface area (Å²) in [6.07, 6.45) is 1.85. The van der Waals surface area contributed by atoms with Gasteiger partial charge in [-0.25, -0.2) is 9.78 Å². The molecular weight excluding hydrogens is 316 g/mol. The monoisotopic (exact) mass is 338 g/mol. The van der Waals surface area contributed by atoms with E-state index < -0.39 is 0 Å². The number of para-hydroxylation sites is 2. The number of amides is 2. The SMILES string of the molecule is C[C@@H](CO)NC(=O)NCc1ccc(Cn2cnc3ccccc32)cc1. The second kappa shape index (κ2) is 7.81. The molecule has 0 saturated heterocycles. The van der Waals surface area contributed by atoms with Crippen LogP contribution in [0.2, 0.25) is 0 Å². The van der Waals surface area contributed by atoms with E-state index in [1.807, 2.05) is 36.7 Å². The number of carbonyl (C=O) groups excluding carboxylic acids is 1. The van der Waals surface area contributed by atoms with Gasteiger partial charge in [-0.2, -0.15) is 0 Å². The lowest BCUT2D eigenvalue weighted by atomic mass is 10.1. The molecule has 3 rings (SSSR count). The van der Waals surface area contributed by atoms with E-state index in [1.54, 1.807) is 6.92 Å². The number of aliphatic hydroxyl groups is 1. The fourth-order valence-electron chi connectivity index (χ4n) is 2.60. The highest BCUT2D eigenvalue weighted by molar-refractivity contribution is 5.75. The third-order valence-corrected chi connectivity index (χ3v) is 4.01. The quantitative estimate of drug-likeness (QED) is 0.645. The number of aliphatic hydroxyl groups excluding tert-OH is 1. The Bertz CT molecular complexity index is 842. The fraction of sp³-hybridized carbons (Fsp3) is 0.263. The number of urea groups is 1. The number of nitrogens with one attached hydrogen (secondary N) is 2. The molecule has 0 saturated carbocycles. The van der Waals surface area contributed by atoms with Crippen LogP contribution in [-0.2, 0) is 13.1 Å². The highest BCUT2D eigenvalue weighted by Gasteiger charge is 2.06. The molecule has 0 unspecified atom stereocenters. The van der Waals surface area contributed by atoms with E-state index in [2.05, 4.69) is 38.4 Å². The summed E-state index contributed by atoms with van der Waals surface area (Å²) in [7, 11) is 0. The van der Waals surface area contributed by atoms with Gasteiger partial charge in [0.05, 0.1) is 30.0 Å². The molecule has 2 amide bonds. The first-order valence-electron chi connectivity index (χ1n) is 8.28. The Labute approximate surface area is 146 Å². The molecule has 0 radical (unpaired) electrons. The van der Waals surface area contributed by atoms with Crippen molar-refractivity contribution >= 4 is 17.1 Å². The standard InChI is InChI=1S/C19H22N4O2/c1-14(12-24)22-19(25)20-10-15-6-8-16(9-7-15)11-23-13-21-17-4-2-3-5-18(17)23/h2-9,13-14,24H,10-12H2,1H3,(H2,20,22,25)/t14-/m0/s1. The van der Waals surface area contributed by atoms with Crippen LogP contribution in [0.3, 0.4) is 0 Å². The molecule has 0 aliphatic rings. The van der Waals surface area contributed by atoms with Gasteiger partial charge in [0.25, 0.3) is 0 Å². The second-order valence-electron chi connectivity index (χ2n) is 6.09. The summed E-state index contributed by atoms with van der Waals surface area (Å²) < 4.78 is 2.12. The van der Waals surface area contributed by atoms with Gasteiger partial charge in [0, 0.05) is 13.1 Å². The normalized spacial score (nSPS) is 12.1.